The minimum Gasteiger partial charge on any atom is -0.399 e. The molecular formula is C11H14N2S. The lowest BCUT2D eigenvalue weighted by Crippen LogP contribution is -2.28. The summed E-state index contributed by atoms with van der Waals surface area (Å²) in [7, 11) is 2.19. The third-order valence-corrected chi connectivity index (χ3v) is 4.32. The maximum Gasteiger partial charge on any atom is 0.0434 e. The molecule has 3 heteroatoms. The van der Waals surface area contributed by atoms with Gasteiger partial charge in [-0.25, -0.2) is 0 Å². The second-order valence-corrected chi connectivity index (χ2v) is 5.44. The highest BCUT2D eigenvalue weighted by molar-refractivity contribution is 7.99. The molecular weight excluding hydrogens is 192 g/mol. The molecule has 2 aliphatic heterocycles. The van der Waals surface area contributed by atoms with E-state index in [0.29, 0.717) is 5.25 Å². The summed E-state index contributed by atoms with van der Waals surface area (Å²) in [6.07, 6.45) is 0. The smallest absolute Gasteiger partial charge is 0.0434 e. The van der Waals surface area contributed by atoms with E-state index < -0.39 is 0 Å². The fourth-order valence-electron chi connectivity index (χ4n) is 2.53. The third kappa shape index (κ3) is 1.16. The topological polar surface area (TPSA) is 29.3 Å². The van der Waals surface area contributed by atoms with Crippen LogP contribution >= 0.6 is 11.8 Å². The van der Waals surface area contributed by atoms with Gasteiger partial charge in [-0.3, -0.25) is 0 Å². The van der Waals surface area contributed by atoms with E-state index in [2.05, 4.69) is 35.8 Å². The molecule has 1 unspecified atom stereocenters. The molecule has 0 amide bonds. The van der Waals surface area contributed by atoms with Crippen molar-refractivity contribution >= 4 is 17.4 Å². The molecule has 0 bridgehead atoms. The number of likely N-dealkylation sites (N-methyl/N-ethyl adjacent to an activating group) is 1. The number of hydrogen-bond acceptors (Lipinski definition) is 3. The van der Waals surface area contributed by atoms with Gasteiger partial charge in [0.05, 0.1) is 0 Å². The van der Waals surface area contributed by atoms with Gasteiger partial charge in [-0.1, -0.05) is 0 Å². The van der Waals surface area contributed by atoms with E-state index in [-0.39, 0.29) is 0 Å². The fourth-order valence-corrected chi connectivity index (χ4v) is 3.97. The Labute approximate surface area is 88.5 Å². The zero-order valence-electron chi connectivity index (χ0n) is 8.29. The number of rotatable bonds is 0. The first-order valence-electron chi connectivity index (χ1n) is 4.95. The molecule has 0 fully saturated rings. The van der Waals surface area contributed by atoms with E-state index in [1.807, 2.05) is 0 Å². The van der Waals surface area contributed by atoms with Crippen LogP contribution in [-0.2, 0) is 12.3 Å². The highest BCUT2D eigenvalue weighted by atomic mass is 32.2. The molecule has 3 rings (SSSR count). The van der Waals surface area contributed by atoms with Gasteiger partial charge < -0.3 is 10.6 Å². The van der Waals surface area contributed by atoms with Crippen LogP contribution in [0.5, 0.6) is 0 Å². The first-order valence-corrected chi connectivity index (χ1v) is 6.00. The molecule has 1 aromatic rings. The Hall–Kier alpha value is -0.670. The van der Waals surface area contributed by atoms with E-state index in [0.717, 1.165) is 18.0 Å². The fraction of sp³-hybridized carbons (Fsp3) is 0.455. The highest BCUT2D eigenvalue weighted by Gasteiger charge is 2.31. The first-order chi connectivity index (χ1) is 6.74. The van der Waals surface area contributed by atoms with E-state index in [1.54, 1.807) is 5.56 Å². The van der Waals surface area contributed by atoms with Crippen LogP contribution in [0, 0.1) is 0 Å². The normalized spacial score (nSPS) is 25.1. The summed E-state index contributed by atoms with van der Waals surface area (Å²) < 4.78 is 0. The first kappa shape index (κ1) is 8.62. The second kappa shape index (κ2) is 2.91. The van der Waals surface area contributed by atoms with Gasteiger partial charge in [0.1, 0.15) is 0 Å². The van der Waals surface area contributed by atoms with Crippen LogP contribution in [-0.4, -0.2) is 18.5 Å². The van der Waals surface area contributed by atoms with Crippen LogP contribution in [0.4, 0.5) is 5.69 Å². The molecule has 14 heavy (non-hydrogen) atoms. The SMILES string of the molecule is CN1Cc2cc(N)cc3c2C(C1)SC3. The van der Waals surface area contributed by atoms with Gasteiger partial charge in [0.15, 0.2) is 0 Å². The Morgan fingerprint density at radius 3 is 3.07 bits per heavy atom. The lowest BCUT2D eigenvalue weighted by Gasteiger charge is -2.29. The standard InChI is InChI=1S/C11H14N2S/c1-13-4-7-2-9(12)3-8-6-14-10(5-13)11(7)8/h2-3,10H,4-6,12H2,1H3. The Bertz CT molecular complexity index is 389. The quantitative estimate of drug-likeness (QED) is 0.658. The number of hydrogen-bond donors (Lipinski definition) is 1. The molecule has 0 radical (unpaired) electrons. The summed E-state index contributed by atoms with van der Waals surface area (Å²) in [4.78, 5) is 2.38. The van der Waals surface area contributed by atoms with Gasteiger partial charge in [-0.05, 0) is 35.9 Å². The van der Waals surface area contributed by atoms with E-state index in [4.69, 9.17) is 5.73 Å². The van der Waals surface area contributed by atoms with E-state index >= 15 is 0 Å². The number of nitrogens with two attached hydrogens (primary N) is 1. The van der Waals surface area contributed by atoms with E-state index in [9.17, 15) is 0 Å². The van der Waals surface area contributed by atoms with Crippen LogP contribution in [0.2, 0.25) is 0 Å². The van der Waals surface area contributed by atoms with E-state index in [1.165, 1.54) is 17.7 Å². The minimum atomic E-state index is 0.694. The Morgan fingerprint density at radius 2 is 2.21 bits per heavy atom. The van der Waals surface area contributed by atoms with Crippen LogP contribution in [0.3, 0.4) is 0 Å². The van der Waals surface area contributed by atoms with Crippen molar-refractivity contribution in [3.63, 3.8) is 0 Å². The summed E-state index contributed by atoms with van der Waals surface area (Å²) in [5.74, 6) is 1.14. The molecule has 0 saturated carbocycles. The number of nitrogens with zero attached hydrogens (tertiary/aromatic N) is 1. The summed E-state index contributed by atoms with van der Waals surface area (Å²) in [6, 6.07) is 4.30. The summed E-state index contributed by atoms with van der Waals surface area (Å²) in [5, 5.41) is 0.694. The van der Waals surface area contributed by atoms with Crippen LogP contribution in [0.15, 0.2) is 12.1 Å². The van der Waals surface area contributed by atoms with Crippen molar-refractivity contribution in [2.24, 2.45) is 0 Å². The zero-order valence-corrected chi connectivity index (χ0v) is 9.10. The monoisotopic (exact) mass is 206 g/mol. The lowest BCUT2D eigenvalue weighted by molar-refractivity contribution is 0.311. The van der Waals surface area contributed by atoms with Crippen LogP contribution < -0.4 is 5.73 Å². The maximum absolute atomic E-state index is 5.89. The lowest BCUT2D eigenvalue weighted by atomic mass is 9.95. The summed E-state index contributed by atoms with van der Waals surface area (Å²) >= 11 is 2.05. The average Bonchev–Trinajstić information content (AvgIpc) is 2.48. The third-order valence-electron chi connectivity index (χ3n) is 3.05. The van der Waals surface area contributed by atoms with Gasteiger partial charge >= 0.3 is 0 Å². The second-order valence-electron chi connectivity index (χ2n) is 4.25. The molecule has 0 aliphatic carbocycles. The molecule has 2 nitrogen and oxygen atoms in total. The molecule has 2 N–H and O–H groups in total. The van der Waals surface area contributed by atoms with Gasteiger partial charge in [0.25, 0.3) is 0 Å². The summed E-state index contributed by atoms with van der Waals surface area (Å²) in [5.41, 5.74) is 11.3. The van der Waals surface area contributed by atoms with Crippen molar-refractivity contribution in [2.75, 3.05) is 19.3 Å². The molecule has 2 aliphatic rings. The van der Waals surface area contributed by atoms with Crippen molar-refractivity contribution in [2.45, 2.75) is 17.5 Å². The van der Waals surface area contributed by atoms with Gasteiger partial charge in [0.2, 0.25) is 0 Å². The van der Waals surface area contributed by atoms with Crippen molar-refractivity contribution < 1.29 is 0 Å². The number of anilines is 1. The van der Waals surface area contributed by atoms with Gasteiger partial charge in [-0.2, -0.15) is 0 Å². The molecule has 0 spiro atoms. The molecule has 1 atom stereocenters. The predicted molar refractivity (Wildman–Crippen MR) is 61.2 cm³/mol. The average molecular weight is 206 g/mol. The minimum absolute atomic E-state index is 0.694. The van der Waals surface area contributed by atoms with Crippen LogP contribution in [0.25, 0.3) is 0 Å². The Kier molecular flexibility index (Phi) is 1.79. The predicted octanol–water partition coefficient (Wildman–Crippen LogP) is 2.00. The van der Waals surface area contributed by atoms with Gasteiger partial charge in [-0.15, -0.1) is 11.8 Å². The summed E-state index contributed by atoms with van der Waals surface area (Å²) in [6.45, 7) is 2.25. The molecule has 1 aromatic carbocycles. The number of thioether (sulfide) groups is 1. The Balaban J connectivity index is 2.18. The largest absolute Gasteiger partial charge is 0.399 e. The molecule has 0 saturated heterocycles. The number of benzene rings is 1. The highest BCUT2D eigenvalue weighted by Crippen LogP contribution is 2.47. The maximum atomic E-state index is 5.89. The van der Waals surface area contributed by atoms with Crippen LogP contribution in [0.1, 0.15) is 21.9 Å². The molecule has 2 heterocycles. The Morgan fingerprint density at radius 1 is 1.43 bits per heavy atom. The van der Waals surface area contributed by atoms with Gasteiger partial charge in [0, 0.05) is 29.8 Å². The zero-order chi connectivity index (χ0) is 9.71. The molecule has 0 aromatic heterocycles. The van der Waals surface area contributed by atoms with Crippen molar-refractivity contribution in [3.05, 3.63) is 28.8 Å². The van der Waals surface area contributed by atoms with Crippen molar-refractivity contribution in [1.29, 1.82) is 0 Å². The molecule has 74 valence electrons. The number of nitrogen functional groups attached to an aromatic ring is 1. The van der Waals surface area contributed by atoms with Crippen molar-refractivity contribution in [3.8, 4) is 0 Å². The van der Waals surface area contributed by atoms with Crippen molar-refractivity contribution in [1.82, 2.24) is 4.90 Å².